The minimum Gasteiger partial charge on any atom is -0.487 e. The average molecular weight is 217 g/mol. The fourth-order valence-corrected chi connectivity index (χ4v) is 1.16. The number of ether oxygens (including phenoxy) is 1. The summed E-state index contributed by atoms with van der Waals surface area (Å²) in [6.45, 7) is 7.13. The van der Waals surface area contributed by atoms with Crippen LogP contribution in [0.15, 0.2) is 41.0 Å². The number of rotatable bonds is 5. The lowest BCUT2D eigenvalue weighted by atomic mass is 10.2. The lowest BCUT2D eigenvalue weighted by Crippen LogP contribution is -2.01. The number of hydrogen-bond acceptors (Lipinski definition) is 3. The van der Waals surface area contributed by atoms with Gasteiger partial charge in [0.15, 0.2) is 5.78 Å². The van der Waals surface area contributed by atoms with Crippen molar-refractivity contribution in [1.29, 1.82) is 0 Å². The minimum absolute atomic E-state index is 0.0603. The van der Waals surface area contributed by atoms with Crippen LogP contribution in [0.1, 0.15) is 12.5 Å². The molecule has 0 unspecified atom stereocenters. The number of benzene rings is 1. The number of nitrogens with zero attached hydrogens (tertiary/aromatic N) is 1. The van der Waals surface area contributed by atoms with Crippen molar-refractivity contribution < 1.29 is 9.53 Å². The Bertz CT molecular complexity index is 404. The average Bonchev–Trinajstić information content (AvgIpc) is 2.26. The maximum atomic E-state index is 10.8. The van der Waals surface area contributed by atoms with Crippen LogP contribution in [-0.4, -0.2) is 19.1 Å². The third kappa shape index (κ3) is 4.09. The van der Waals surface area contributed by atoms with Crippen molar-refractivity contribution in [2.75, 3.05) is 6.61 Å². The van der Waals surface area contributed by atoms with Crippen LogP contribution in [0.2, 0.25) is 0 Å². The van der Waals surface area contributed by atoms with E-state index in [1.54, 1.807) is 0 Å². The lowest BCUT2D eigenvalue weighted by molar-refractivity contribution is -0.112. The van der Waals surface area contributed by atoms with Crippen molar-refractivity contribution in [2.45, 2.75) is 13.8 Å². The van der Waals surface area contributed by atoms with Crippen LogP contribution in [0.25, 0.3) is 0 Å². The smallest absolute Gasteiger partial charge is 0.154 e. The Kier molecular flexibility index (Phi) is 4.45. The predicted molar refractivity (Wildman–Crippen MR) is 65.0 cm³/mol. The molecule has 0 spiro atoms. The van der Waals surface area contributed by atoms with Crippen LogP contribution in [-0.2, 0) is 4.79 Å². The van der Waals surface area contributed by atoms with Gasteiger partial charge in [-0.15, -0.1) is 0 Å². The summed E-state index contributed by atoms with van der Waals surface area (Å²) in [5.74, 6) is 0.693. The molecule has 0 atom stereocenters. The maximum absolute atomic E-state index is 10.8. The second-order valence-corrected chi connectivity index (χ2v) is 3.51. The maximum Gasteiger partial charge on any atom is 0.154 e. The fraction of sp³-hybridized carbons (Fsp3) is 0.231. The molecule has 3 nitrogen and oxygen atoms in total. The van der Waals surface area contributed by atoms with E-state index in [1.165, 1.54) is 18.6 Å². The van der Waals surface area contributed by atoms with Crippen LogP contribution in [0.5, 0.6) is 5.75 Å². The standard InChI is InChI=1S/C13H15NO2/c1-10-4-6-13(7-5-10)16-9-12(14-3)8-11(2)15/h4-8H,3,9H2,1-2H3/b12-8-. The molecule has 0 saturated heterocycles. The van der Waals surface area contributed by atoms with Gasteiger partial charge in [0.25, 0.3) is 0 Å². The summed E-state index contributed by atoms with van der Waals surface area (Å²) in [6, 6.07) is 7.68. The van der Waals surface area contributed by atoms with E-state index >= 15 is 0 Å². The molecular formula is C13H15NO2. The molecule has 0 fully saturated rings. The monoisotopic (exact) mass is 217 g/mol. The van der Waals surface area contributed by atoms with E-state index in [0.717, 1.165) is 5.75 Å². The summed E-state index contributed by atoms with van der Waals surface area (Å²) in [6.07, 6.45) is 1.42. The van der Waals surface area contributed by atoms with E-state index in [4.69, 9.17) is 4.74 Å². The van der Waals surface area contributed by atoms with Gasteiger partial charge in [0.05, 0.1) is 5.70 Å². The third-order valence-corrected chi connectivity index (χ3v) is 1.98. The molecule has 0 aromatic heterocycles. The topological polar surface area (TPSA) is 38.7 Å². The molecule has 3 heteroatoms. The van der Waals surface area contributed by atoms with Crippen molar-refractivity contribution in [1.82, 2.24) is 0 Å². The minimum atomic E-state index is -0.0603. The molecule has 1 aromatic carbocycles. The Morgan fingerprint density at radius 3 is 2.56 bits per heavy atom. The predicted octanol–water partition coefficient (Wildman–Crippen LogP) is 2.55. The number of allylic oxidation sites excluding steroid dienone is 1. The molecule has 1 rings (SSSR count). The zero-order valence-corrected chi connectivity index (χ0v) is 9.56. The Labute approximate surface area is 95.5 Å². The van der Waals surface area contributed by atoms with Gasteiger partial charge in [-0.2, -0.15) is 0 Å². The molecule has 0 bridgehead atoms. The molecule has 0 radical (unpaired) electrons. The van der Waals surface area contributed by atoms with Gasteiger partial charge in [-0.1, -0.05) is 17.7 Å². The summed E-state index contributed by atoms with van der Waals surface area (Å²) in [5, 5.41) is 0. The van der Waals surface area contributed by atoms with Gasteiger partial charge >= 0.3 is 0 Å². The molecule has 0 amide bonds. The first kappa shape index (κ1) is 12.2. The van der Waals surface area contributed by atoms with Gasteiger partial charge < -0.3 is 4.74 Å². The van der Waals surface area contributed by atoms with E-state index < -0.39 is 0 Å². The molecular weight excluding hydrogens is 202 g/mol. The zero-order chi connectivity index (χ0) is 12.0. The van der Waals surface area contributed by atoms with E-state index in [0.29, 0.717) is 5.70 Å². The SMILES string of the molecule is C=N/C(=C\C(C)=O)COc1ccc(C)cc1. The Morgan fingerprint density at radius 2 is 2.06 bits per heavy atom. The first-order valence-corrected chi connectivity index (χ1v) is 4.99. The van der Waals surface area contributed by atoms with Gasteiger partial charge in [0, 0.05) is 6.08 Å². The second kappa shape index (κ2) is 5.85. The number of carbonyl (C=O) groups excluding carboxylic acids is 1. The van der Waals surface area contributed by atoms with Crippen LogP contribution < -0.4 is 4.74 Å². The number of ketones is 1. The molecule has 0 aliphatic heterocycles. The van der Waals surface area contributed by atoms with Gasteiger partial charge in [-0.3, -0.25) is 9.79 Å². The highest BCUT2D eigenvalue weighted by Crippen LogP contribution is 2.12. The Hall–Kier alpha value is -1.90. The number of carbonyl (C=O) groups is 1. The number of hydrogen-bond donors (Lipinski definition) is 0. The van der Waals surface area contributed by atoms with Gasteiger partial charge in [0.2, 0.25) is 0 Å². The van der Waals surface area contributed by atoms with Gasteiger partial charge in [-0.05, 0) is 32.7 Å². The van der Waals surface area contributed by atoms with Crippen molar-refractivity contribution in [3.05, 3.63) is 41.6 Å². The molecule has 0 aliphatic carbocycles. The molecule has 0 saturated carbocycles. The molecule has 0 aliphatic rings. The summed E-state index contributed by atoms with van der Waals surface area (Å²) in [4.78, 5) is 14.6. The zero-order valence-electron chi connectivity index (χ0n) is 9.56. The van der Waals surface area contributed by atoms with Crippen molar-refractivity contribution >= 4 is 12.5 Å². The highest BCUT2D eigenvalue weighted by molar-refractivity contribution is 5.88. The first-order valence-electron chi connectivity index (χ1n) is 4.99. The summed E-state index contributed by atoms with van der Waals surface area (Å²) < 4.78 is 5.46. The van der Waals surface area contributed by atoms with Crippen molar-refractivity contribution in [2.24, 2.45) is 4.99 Å². The summed E-state index contributed by atoms with van der Waals surface area (Å²) in [7, 11) is 0. The highest BCUT2D eigenvalue weighted by Gasteiger charge is 1.98. The van der Waals surface area contributed by atoms with Crippen LogP contribution >= 0.6 is 0 Å². The lowest BCUT2D eigenvalue weighted by Gasteiger charge is -2.06. The van der Waals surface area contributed by atoms with E-state index in [1.807, 2.05) is 31.2 Å². The second-order valence-electron chi connectivity index (χ2n) is 3.51. The van der Waals surface area contributed by atoms with E-state index in [2.05, 4.69) is 11.7 Å². The quantitative estimate of drug-likeness (QED) is 0.561. The van der Waals surface area contributed by atoms with Crippen molar-refractivity contribution in [3.63, 3.8) is 0 Å². The molecule has 16 heavy (non-hydrogen) atoms. The summed E-state index contributed by atoms with van der Waals surface area (Å²) in [5.41, 5.74) is 1.71. The third-order valence-electron chi connectivity index (χ3n) is 1.98. The highest BCUT2D eigenvalue weighted by atomic mass is 16.5. The van der Waals surface area contributed by atoms with Crippen LogP contribution in [0.4, 0.5) is 0 Å². The Balaban J connectivity index is 2.59. The van der Waals surface area contributed by atoms with Crippen LogP contribution in [0, 0.1) is 6.92 Å². The van der Waals surface area contributed by atoms with Gasteiger partial charge in [-0.25, -0.2) is 0 Å². The fourth-order valence-electron chi connectivity index (χ4n) is 1.16. The molecule has 84 valence electrons. The van der Waals surface area contributed by atoms with E-state index in [9.17, 15) is 4.79 Å². The molecule has 1 aromatic rings. The molecule has 0 heterocycles. The normalized spacial score (nSPS) is 11.0. The van der Waals surface area contributed by atoms with E-state index in [-0.39, 0.29) is 12.4 Å². The number of aliphatic imine (C=N–C) groups is 1. The van der Waals surface area contributed by atoms with Crippen LogP contribution in [0.3, 0.4) is 0 Å². The largest absolute Gasteiger partial charge is 0.487 e. The van der Waals surface area contributed by atoms with Crippen molar-refractivity contribution in [3.8, 4) is 5.75 Å². The summed E-state index contributed by atoms with van der Waals surface area (Å²) >= 11 is 0. The first-order chi connectivity index (χ1) is 7.61. The number of aryl methyl sites for hydroxylation is 1. The van der Waals surface area contributed by atoms with Gasteiger partial charge in [0.1, 0.15) is 12.4 Å². The molecule has 0 N–H and O–H groups in total. The Morgan fingerprint density at radius 1 is 1.44 bits per heavy atom.